The second kappa shape index (κ2) is 6.55. The summed E-state index contributed by atoms with van der Waals surface area (Å²) in [5.74, 6) is -0.887. The molecule has 0 radical (unpaired) electrons. The zero-order valence-corrected chi connectivity index (χ0v) is 14.1. The zero-order chi connectivity index (χ0) is 18.0. The number of hydrogen-bond donors (Lipinski definition) is 1. The van der Waals surface area contributed by atoms with E-state index in [0.29, 0.717) is 23.5 Å². The average molecular weight is 342 g/mol. The second-order valence-electron chi connectivity index (χ2n) is 5.97. The minimum Gasteiger partial charge on any atom is -0.466 e. The Morgan fingerprint density at radius 1 is 1.24 bits per heavy atom. The van der Waals surface area contributed by atoms with Gasteiger partial charge in [-0.2, -0.15) is 0 Å². The Bertz CT molecular complexity index is 824. The van der Waals surface area contributed by atoms with Gasteiger partial charge in [-0.3, -0.25) is 9.59 Å². The van der Waals surface area contributed by atoms with Crippen LogP contribution in [0.5, 0.6) is 5.75 Å². The van der Waals surface area contributed by atoms with E-state index in [-0.39, 0.29) is 12.4 Å². The summed E-state index contributed by atoms with van der Waals surface area (Å²) in [6.45, 7) is 3.82. The fourth-order valence-electron chi connectivity index (χ4n) is 2.85. The van der Waals surface area contributed by atoms with Gasteiger partial charge in [0.25, 0.3) is 17.4 Å². The highest BCUT2D eigenvalue weighted by molar-refractivity contribution is 6.16. The molecule has 1 aliphatic rings. The Balaban J connectivity index is 1.82. The van der Waals surface area contributed by atoms with Crippen LogP contribution in [0.3, 0.4) is 0 Å². The van der Waals surface area contributed by atoms with Crippen LogP contribution in [-0.4, -0.2) is 24.0 Å². The summed E-state index contributed by atoms with van der Waals surface area (Å²) in [5, 5.41) is 2.66. The van der Waals surface area contributed by atoms with Gasteiger partial charge in [0.05, 0.1) is 5.69 Å². The predicted molar refractivity (Wildman–Crippen MR) is 91.7 cm³/mol. The van der Waals surface area contributed by atoms with Crippen LogP contribution in [-0.2, 0) is 16.1 Å². The molecule has 1 unspecified atom stereocenters. The average Bonchev–Trinajstić information content (AvgIpc) is 2.61. The highest BCUT2D eigenvalue weighted by Crippen LogP contribution is 2.37. The predicted octanol–water partition coefficient (Wildman–Crippen LogP) is 2.65. The highest BCUT2D eigenvalue weighted by atomic mass is 19.1. The third-order valence-corrected chi connectivity index (χ3v) is 4.22. The molecular weight excluding hydrogens is 323 g/mol. The monoisotopic (exact) mass is 342 g/mol. The van der Waals surface area contributed by atoms with Crippen molar-refractivity contribution in [2.45, 2.75) is 26.0 Å². The number of nitrogens with one attached hydrogen (secondary N) is 1. The molecule has 0 spiro atoms. The molecule has 2 aromatic rings. The van der Waals surface area contributed by atoms with Crippen LogP contribution < -0.4 is 15.0 Å². The molecule has 6 heteroatoms. The van der Waals surface area contributed by atoms with E-state index in [4.69, 9.17) is 4.74 Å². The second-order valence-corrected chi connectivity index (χ2v) is 5.97. The number of benzene rings is 2. The van der Waals surface area contributed by atoms with Gasteiger partial charge in [-0.05, 0) is 43.7 Å². The smallest absolute Gasteiger partial charge is 0.280 e. The normalized spacial score (nSPS) is 19.2. The molecular formula is C19H19FN2O3. The number of hydrogen-bond acceptors (Lipinski definition) is 3. The zero-order valence-electron chi connectivity index (χ0n) is 14.1. The number of amides is 2. The highest BCUT2D eigenvalue weighted by Gasteiger charge is 2.50. The quantitative estimate of drug-likeness (QED) is 0.869. The molecule has 1 heterocycles. The number of para-hydroxylation sites is 2. The van der Waals surface area contributed by atoms with Gasteiger partial charge in [-0.25, -0.2) is 4.39 Å². The number of carbonyl (C=O) groups excluding carboxylic acids is 2. The number of likely N-dealkylation sites (N-methyl/N-ethyl adjacent to an activating group) is 1. The maximum absolute atomic E-state index is 13.2. The molecule has 1 N–H and O–H groups in total. The molecule has 2 amide bonds. The van der Waals surface area contributed by atoms with Crippen LogP contribution in [0.25, 0.3) is 0 Å². The molecule has 2 aromatic carbocycles. The van der Waals surface area contributed by atoms with Crippen molar-refractivity contribution in [2.24, 2.45) is 0 Å². The van der Waals surface area contributed by atoms with Crippen LogP contribution in [0.15, 0.2) is 48.5 Å². The van der Waals surface area contributed by atoms with Crippen LogP contribution in [0, 0.1) is 5.82 Å². The van der Waals surface area contributed by atoms with Crippen molar-refractivity contribution in [3.05, 3.63) is 59.9 Å². The van der Waals surface area contributed by atoms with E-state index in [1.165, 1.54) is 24.0 Å². The van der Waals surface area contributed by atoms with E-state index in [9.17, 15) is 14.0 Å². The Morgan fingerprint density at radius 3 is 2.72 bits per heavy atom. The summed E-state index contributed by atoms with van der Waals surface area (Å²) in [4.78, 5) is 27.0. The summed E-state index contributed by atoms with van der Waals surface area (Å²) in [5.41, 5.74) is -0.420. The van der Waals surface area contributed by atoms with Gasteiger partial charge in [0.2, 0.25) is 0 Å². The van der Waals surface area contributed by atoms with Crippen LogP contribution >= 0.6 is 0 Å². The topological polar surface area (TPSA) is 58.6 Å². The number of ether oxygens (including phenoxy) is 1. The molecule has 0 bridgehead atoms. The molecule has 0 aromatic heterocycles. The lowest BCUT2D eigenvalue weighted by Gasteiger charge is -2.39. The van der Waals surface area contributed by atoms with Crippen LogP contribution in [0.2, 0.25) is 0 Å². The molecule has 130 valence electrons. The first-order chi connectivity index (χ1) is 12.0. The van der Waals surface area contributed by atoms with Crippen molar-refractivity contribution >= 4 is 17.5 Å². The van der Waals surface area contributed by atoms with Gasteiger partial charge in [0.15, 0.2) is 0 Å². The maximum Gasteiger partial charge on any atom is 0.280 e. The van der Waals surface area contributed by atoms with E-state index in [1.54, 1.807) is 30.3 Å². The minimum absolute atomic E-state index is 0.108. The van der Waals surface area contributed by atoms with Gasteiger partial charge in [-0.1, -0.05) is 24.3 Å². The Hall–Kier alpha value is -2.89. The first-order valence-corrected chi connectivity index (χ1v) is 8.08. The summed E-state index contributed by atoms with van der Waals surface area (Å²) in [6, 6.07) is 13.0. The molecule has 0 aliphatic carbocycles. The van der Waals surface area contributed by atoms with Crippen molar-refractivity contribution in [3.8, 4) is 5.75 Å². The van der Waals surface area contributed by atoms with Crippen molar-refractivity contribution in [3.63, 3.8) is 0 Å². The third kappa shape index (κ3) is 3.07. The van der Waals surface area contributed by atoms with Crippen molar-refractivity contribution < 1.29 is 18.7 Å². The standard InChI is InChI=1S/C19H19FN2O3/c1-3-22-15-9-4-5-10-16(15)25-19(2,18(22)24)17(23)21-12-13-7-6-8-14(20)11-13/h4-11H,3,12H2,1-2H3,(H,21,23). The summed E-state index contributed by atoms with van der Waals surface area (Å²) >= 11 is 0. The lowest BCUT2D eigenvalue weighted by atomic mass is 9.99. The molecule has 3 rings (SSSR count). The summed E-state index contributed by atoms with van der Waals surface area (Å²) in [7, 11) is 0. The third-order valence-electron chi connectivity index (χ3n) is 4.22. The van der Waals surface area contributed by atoms with Crippen LogP contribution in [0.1, 0.15) is 19.4 Å². The van der Waals surface area contributed by atoms with Crippen molar-refractivity contribution in [2.75, 3.05) is 11.4 Å². The summed E-state index contributed by atoms with van der Waals surface area (Å²) < 4.78 is 19.0. The van der Waals surface area contributed by atoms with E-state index in [1.807, 2.05) is 13.0 Å². The summed E-state index contributed by atoms with van der Waals surface area (Å²) in [6.07, 6.45) is 0. The number of fused-ring (bicyclic) bond motifs is 1. The first kappa shape index (κ1) is 17.0. The minimum atomic E-state index is -1.67. The molecule has 1 aliphatic heterocycles. The molecule has 1 atom stereocenters. The van der Waals surface area contributed by atoms with E-state index < -0.39 is 17.4 Å². The molecule has 0 saturated heterocycles. The van der Waals surface area contributed by atoms with Gasteiger partial charge in [-0.15, -0.1) is 0 Å². The molecule has 5 nitrogen and oxygen atoms in total. The van der Waals surface area contributed by atoms with E-state index >= 15 is 0 Å². The Morgan fingerprint density at radius 2 is 2.00 bits per heavy atom. The largest absolute Gasteiger partial charge is 0.466 e. The first-order valence-electron chi connectivity index (χ1n) is 8.08. The van der Waals surface area contributed by atoms with Crippen LogP contribution in [0.4, 0.5) is 10.1 Å². The van der Waals surface area contributed by atoms with Gasteiger partial charge >= 0.3 is 0 Å². The number of halogens is 1. The molecule has 0 saturated carbocycles. The van der Waals surface area contributed by atoms with Crippen molar-refractivity contribution in [1.82, 2.24) is 5.32 Å². The van der Waals surface area contributed by atoms with Crippen molar-refractivity contribution in [1.29, 1.82) is 0 Å². The number of rotatable bonds is 4. The maximum atomic E-state index is 13.2. The van der Waals surface area contributed by atoms with Gasteiger partial charge in [0, 0.05) is 13.1 Å². The van der Waals surface area contributed by atoms with Gasteiger partial charge < -0.3 is 15.0 Å². The molecule has 25 heavy (non-hydrogen) atoms. The Kier molecular flexibility index (Phi) is 4.44. The van der Waals surface area contributed by atoms with Gasteiger partial charge in [0.1, 0.15) is 11.6 Å². The SMILES string of the molecule is CCN1C(=O)C(C)(C(=O)NCc2cccc(F)c2)Oc2ccccc21. The number of anilines is 1. The number of nitrogens with zero attached hydrogens (tertiary/aromatic N) is 1. The fourth-order valence-corrected chi connectivity index (χ4v) is 2.85. The number of carbonyl (C=O) groups is 2. The lowest BCUT2D eigenvalue weighted by molar-refractivity contribution is -0.148. The molecule has 0 fully saturated rings. The Labute approximate surface area is 145 Å². The van der Waals surface area contributed by atoms with E-state index in [2.05, 4.69) is 5.32 Å². The lowest BCUT2D eigenvalue weighted by Crippen LogP contribution is -2.62. The fraction of sp³-hybridized carbons (Fsp3) is 0.263. The van der Waals surface area contributed by atoms with E-state index in [0.717, 1.165) is 0 Å².